The van der Waals surface area contributed by atoms with Crippen LogP contribution in [0.4, 0.5) is 4.79 Å². The quantitative estimate of drug-likeness (QED) is 0.434. The Kier molecular flexibility index (Phi) is 7.25. The molecule has 1 aliphatic carbocycles. The Labute approximate surface area is 202 Å². The SMILES string of the molecule is COc1ncccc1CNC(=O)C(CC(=O)O)NC(=O)OCC1c2ccccc2-c2ccccc21. The average Bonchev–Trinajstić information content (AvgIpc) is 3.19. The second-order valence-electron chi connectivity index (χ2n) is 8.01. The third-order valence-corrected chi connectivity index (χ3v) is 5.83. The van der Waals surface area contributed by atoms with Crippen molar-refractivity contribution in [1.29, 1.82) is 0 Å². The van der Waals surface area contributed by atoms with Crippen LogP contribution in [0, 0.1) is 0 Å². The van der Waals surface area contributed by atoms with E-state index >= 15 is 0 Å². The highest BCUT2D eigenvalue weighted by molar-refractivity contribution is 5.89. The maximum atomic E-state index is 12.7. The molecule has 4 rings (SSSR count). The molecule has 1 unspecified atom stereocenters. The first-order valence-corrected chi connectivity index (χ1v) is 11.1. The van der Waals surface area contributed by atoms with Gasteiger partial charge in [-0.15, -0.1) is 0 Å². The molecule has 0 radical (unpaired) electrons. The summed E-state index contributed by atoms with van der Waals surface area (Å²) in [6.45, 7) is 0.104. The van der Waals surface area contributed by atoms with E-state index in [9.17, 15) is 19.5 Å². The molecule has 2 aromatic carbocycles. The molecule has 1 aromatic heterocycles. The summed E-state index contributed by atoms with van der Waals surface area (Å²) in [7, 11) is 1.46. The highest BCUT2D eigenvalue weighted by atomic mass is 16.5. The summed E-state index contributed by atoms with van der Waals surface area (Å²) in [5, 5.41) is 14.2. The van der Waals surface area contributed by atoms with E-state index in [1.54, 1.807) is 18.3 Å². The number of aromatic nitrogens is 1. The van der Waals surface area contributed by atoms with Gasteiger partial charge in [-0.25, -0.2) is 9.78 Å². The van der Waals surface area contributed by atoms with Crippen LogP contribution in [0.1, 0.15) is 29.0 Å². The van der Waals surface area contributed by atoms with Crippen molar-refractivity contribution < 1.29 is 29.0 Å². The fraction of sp³-hybridized carbons (Fsp3) is 0.231. The average molecular weight is 476 g/mol. The van der Waals surface area contributed by atoms with E-state index < -0.39 is 30.4 Å². The topological polar surface area (TPSA) is 127 Å². The van der Waals surface area contributed by atoms with Crippen LogP contribution in [-0.2, 0) is 20.9 Å². The number of alkyl carbamates (subject to hydrolysis) is 1. The van der Waals surface area contributed by atoms with Gasteiger partial charge in [0.05, 0.1) is 13.5 Å². The smallest absolute Gasteiger partial charge is 0.407 e. The van der Waals surface area contributed by atoms with Crippen molar-refractivity contribution >= 4 is 18.0 Å². The molecule has 0 aliphatic heterocycles. The number of methoxy groups -OCH3 is 1. The van der Waals surface area contributed by atoms with E-state index in [0.717, 1.165) is 22.3 Å². The molecule has 0 saturated carbocycles. The summed E-state index contributed by atoms with van der Waals surface area (Å²) in [6.07, 6.45) is 0.0863. The molecule has 0 fully saturated rings. The van der Waals surface area contributed by atoms with Crippen molar-refractivity contribution in [2.75, 3.05) is 13.7 Å². The number of fused-ring (bicyclic) bond motifs is 3. The lowest BCUT2D eigenvalue weighted by molar-refractivity contribution is -0.139. The lowest BCUT2D eigenvalue weighted by atomic mass is 9.98. The molecule has 180 valence electrons. The third kappa shape index (κ3) is 5.40. The number of ether oxygens (including phenoxy) is 2. The maximum Gasteiger partial charge on any atom is 0.407 e. The number of hydrogen-bond acceptors (Lipinski definition) is 6. The first-order valence-electron chi connectivity index (χ1n) is 11.1. The Balaban J connectivity index is 1.39. The lowest BCUT2D eigenvalue weighted by Gasteiger charge is -2.19. The summed E-state index contributed by atoms with van der Waals surface area (Å²) < 4.78 is 10.6. The minimum atomic E-state index is -1.31. The van der Waals surface area contributed by atoms with Gasteiger partial charge in [-0.1, -0.05) is 54.6 Å². The molecule has 1 heterocycles. The Morgan fingerprint density at radius 1 is 1.00 bits per heavy atom. The van der Waals surface area contributed by atoms with Crippen LogP contribution in [0.15, 0.2) is 66.9 Å². The van der Waals surface area contributed by atoms with Gasteiger partial charge in [-0.05, 0) is 28.3 Å². The number of nitrogens with one attached hydrogen (secondary N) is 2. The molecule has 2 amide bonds. The maximum absolute atomic E-state index is 12.7. The molecule has 1 aliphatic rings. The highest BCUT2D eigenvalue weighted by Gasteiger charge is 2.30. The van der Waals surface area contributed by atoms with Crippen LogP contribution in [0.5, 0.6) is 5.88 Å². The van der Waals surface area contributed by atoms with Gasteiger partial charge in [-0.2, -0.15) is 0 Å². The number of carboxylic acid groups (broad SMARTS) is 1. The Hall–Kier alpha value is -4.40. The summed E-state index contributed by atoms with van der Waals surface area (Å²) in [5.41, 5.74) is 4.88. The van der Waals surface area contributed by atoms with Gasteiger partial charge in [0, 0.05) is 24.2 Å². The van der Waals surface area contributed by atoms with Crippen molar-refractivity contribution in [3.63, 3.8) is 0 Å². The zero-order chi connectivity index (χ0) is 24.8. The summed E-state index contributed by atoms with van der Waals surface area (Å²) in [4.78, 5) is 40.6. The highest BCUT2D eigenvalue weighted by Crippen LogP contribution is 2.44. The van der Waals surface area contributed by atoms with E-state index in [2.05, 4.69) is 15.6 Å². The van der Waals surface area contributed by atoms with Crippen LogP contribution >= 0.6 is 0 Å². The number of nitrogens with zero attached hydrogens (tertiary/aromatic N) is 1. The van der Waals surface area contributed by atoms with Gasteiger partial charge in [0.1, 0.15) is 12.6 Å². The van der Waals surface area contributed by atoms with Crippen LogP contribution in [0.25, 0.3) is 11.1 Å². The lowest BCUT2D eigenvalue weighted by Crippen LogP contribution is -2.48. The molecule has 0 bridgehead atoms. The van der Waals surface area contributed by atoms with Crippen molar-refractivity contribution in [3.8, 4) is 17.0 Å². The number of carbonyl (C=O) groups is 3. The molecule has 3 N–H and O–H groups in total. The number of carboxylic acids is 1. The molecule has 9 heteroatoms. The number of carbonyl (C=O) groups excluding carboxylic acids is 2. The predicted octanol–water partition coefficient (Wildman–Crippen LogP) is 3.09. The van der Waals surface area contributed by atoms with Crippen molar-refractivity contribution in [2.24, 2.45) is 0 Å². The second kappa shape index (κ2) is 10.7. The fourth-order valence-corrected chi connectivity index (χ4v) is 4.21. The number of amides is 2. The standard InChI is InChI=1S/C26H25N3O6/c1-34-25-16(7-6-12-27-25)14-28-24(32)22(13-23(30)31)29-26(33)35-15-21-19-10-4-2-8-17(19)18-9-3-5-11-20(18)21/h2-12,21-22H,13-15H2,1H3,(H,28,32)(H,29,33)(H,30,31). The number of benzene rings is 2. The third-order valence-electron chi connectivity index (χ3n) is 5.83. The zero-order valence-corrected chi connectivity index (χ0v) is 19.1. The molecule has 9 nitrogen and oxygen atoms in total. The number of pyridine rings is 1. The van der Waals surface area contributed by atoms with Crippen molar-refractivity contribution in [3.05, 3.63) is 83.6 Å². The molecule has 0 spiro atoms. The number of aliphatic carboxylic acids is 1. The van der Waals surface area contributed by atoms with E-state index in [1.165, 1.54) is 7.11 Å². The van der Waals surface area contributed by atoms with Gasteiger partial charge < -0.3 is 25.2 Å². The van der Waals surface area contributed by atoms with Gasteiger partial charge in [0.2, 0.25) is 11.8 Å². The van der Waals surface area contributed by atoms with Crippen LogP contribution in [0.2, 0.25) is 0 Å². The predicted molar refractivity (Wildman–Crippen MR) is 127 cm³/mol. The Morgan fingerprint density at radius 2 is 1.66 bits per heavy atom. The van der Waals surface area contributed by atoms with Crippen LogP contribution < -0.4 is 15.4 Å². The first kappa shape index (κ1) is 23.7. The number of hydrogen-bond donors (Lipinski definition) is 3. The summed E-state index contributed by atoms with van der Waals surface area (Å²) in [6, 6.07) is 17.9. The normalized spacial score (nSPS) is 12.7. The molecular weight excluding hydrogens is 450 g/mol. The zero-order valence-electron chi connectivity index (χ0n) is 19.1. The monoisotopic (exact) mass is 475 g/mol. The molecule has 0 saturated heterocycles. The van der Waals surface area contributed by atoms with Crippen molar-refractivity contribution in [1.82, 2.24) is 15.6 Å². The van der Waals surface area contributed by atoms with Gasteiger partial charge in [0.15, 0.2) is 0 Å². The minimum absolute atomic E-state index is 0.0498. The van der Waals surface area contributed by atoms with E-state index in [-0.39, 0.29) is 19.1 Å². The van der Waals surface area contributed by atoms with E-state index in [1.807, 2.05) is 48.5 Å². The van der Waals surface area contributed by atoms with Gasteiger partial charge in [0.25, 0.3) is 0 Å². The second-order valence-corrected chi connectivity index (χ2v) is 8.01. The summed E-state index contributed by atoms with van der Waals surface area (Å²) >= 11 is 0. The van der Waals surface area contributed by atoms with Crippen LogP contribution in [-0.4, -0.2) is 47.8 Å². The summed E-state index contributed by atoms with van der Waals surface area (Å²) in [5.74, 6) is -1.71. The Bertz CT molecular complexity index is 1200. The molecule has 35 heavy (non-hydrogen) atoms. The van der Waals surface area contributed by atoms with E-state index in [4.69, 9.17) is 9.47 Å². The molecule has 3 aromatic rings. The Morgan fingerprint density at radius 3 is 2.29 bits per heavy atom. The van der Waals surface area contributed by atoms with Crippen molar-refractivity contribution in [2.45, 2.75) is 24.9 Å². The molecular formula is C26H25N3O6. The largest absolute Gasteiger partial charge is 0.481 e. The van der Waals surface area contributed by atoms with Gasteiger partial charge in [-0.3, -0.25) is 9.59 Å². The minimum Gasteiger partial charge on any atom is -0.481 e. The van der Waals surface area contributed by atoms with E-state index in [0.29, 0.717) is 11.4 Å². The van der Waals surface area contributed by atoms with Gasteiger partial charge >= 0.3 is 12.1 Å². The number of rotatable bonds is 9. The van der Waals surface area contributed by atoms with Crippen LogP contribution in [0.3, 0.4) is 0 Å². The fourth-order valence-electron chi connectivity index (χ4n) is 4.21. The molecule has 1 atom stereocenters. The first-order chi connectivity index (χ1) is 17.0.